The van der Waals surface area contributed by atoms with Crippen LogP contribution >= 0.6 is 46.6 Å². The first-order chi connectivity index (χ1) is 16.2. The molecule has 0 aliphatic heterocycles. The topological polar surface area (TPSA) is 41.6 Å². The van der Waals surface area contributed by atoms with Crippen LogP contribution in [-0.4, -0.2) is 9.55 Å². The van der Waals surface area contributed by atoms with E-state index in [2.05, 4.69) is 19.9 Å². The van der Waals surface area contributed by atoms with E-state index in [9.17, 15) is 4.39 Å². The van der Waals surface area contributed by atoms with E-state index in [0.29, 0.717) is 26.4 Å². The molecule has 4 aromatic rings. The van der Waals surface area contributed by atoms with Gasteiger partial charge in [-0.1, -0.05) is 72.5 Å². The van der Waals surface area contributed by atoms with Gasteiger partial charge in [0.1, 0.15) is 11.9 Å². The van der Waals surface area contributed by atoms with Gasteiger partial charge in [0.05, 0.1) is 32.5 Å². The second-order valence-electron chi connectivity index (χ2n) is 8.21. The summed E-state index contributed by atoms with van der Waals surface area (Å²) in [5.41, 5.74) is 3.61. The van der Waals surface area contributed by atoms with Gasteiger partial charge in [-0.25, -0.2) is 9.37 Å². The van der Waals surface area contributed by atoms with Crippen molar-refractivity contribution in [1.82, 2.24) is 9.55 Å². The molecule has 0 unspecified atom stereocenters. The summed E-state index contributed by atoms with van der Waals surface area (Å²) < 4.78 is 15.7. The number of nitriles is 1. The van der Waals surface area contributed by atoms with Crippen molar-refractivity contribution in [3.8, 4) is 11.8 Å². The Hall–Kier alpha value is -2.49. The Morgan fingerprint density at radius 1 is 0.971 bits per heavy atom. The van der Waals surface area contributed by atoms with E-state index in [-0.39, 0.29) is 5.82 Å². The number of rotatable bonds is 6. The van der Waals surface area contributed by atoms with E-state index in [1.165, 1.54) is 23.9 Å². The highest BCUT2D eigenvalue weighted by Crippen LogP contribution is 2.38. The summed E-state index contributed by atoms with van der Waals surface area (Å²) in [5, 5.41) is 11.2. The molecule has 0 saturated heterocycles. The highest BCUT2D eigenvalue weighted by Gasteiger charge is 2.30. The average molecular weight is 531 g/mol. The van der Waals surface area contributed by atoms with Crippen LogP contribution in [0.2, 0.25) is 15.1 Å². The second-order valence-corrected chi connectivity index (χ2v) is 10.4. The number of aromatic nitrogens is 2. The SMILES string of the molecule is CC(C)(c1ccc(Cl)c(Cl)c1)c1cnc(SCc2ccc(C#N)c(Cl)c2)n1-c1ccc(F)cc1. The van der Waals surface area contributed by atoms with Crippen LogP contribution < -0.4 is 0 Å². The fourth-order valence-corrected chi connectivity index (χ4v) is 5.12. The zero-order chi connectivity index (χ0) is 24.5. The van der Waals surface area contributed by atoms with Gasteiger partial charge in [-0.3, -0.25) is 4.57 Å². The number of halogens is 4. The summed E-state index contributed by atoms with van der Waals surface area (Å²) in [6.45, 7) is 4.16. The van der Waals surface area contributed by atoms with E-state index >= 15 is 0 Å². The standard InChI is InChI=1S/C26H19Cl3FN3S/c1-26(2,18-5-10-21(27)23(29)12-18)24-14-32-25(33(24)20-8-6-19(30)7-9-20)34-15-16-3-4-17(13-31)22(28)11-16/h3-12,14H,15H2,1-2H3. The van der Waals surface area contributed by atoms with E-state index in [4.69, 9.17) is 45.0 Å². The summed E-state index contributed by atoms with van der Waals surface area (Å²) in [4.78, 5) is 4.71. The third-order valence-corrected chi connectivity index (χ3v) is 7.69. The molecule has 0 radical (unpaired) electrons. The predicted octanol–water partition coefficient (Wildman–Crippen LogP) is 8.46. The Balaban J connectivity index is 1.76. The Morgan fingerprint density at radius 2 is 1.71 bits per heavy atom. The monoisotopic (exact) mass is 529 g/mol. The van der Waals surface area contributed by atoms with Crippen LogP contribution in [0.1, 0.15) is 36.2 Å². The third kappa shape index (κ3) is 4.96. The number of nitrogens with zero attached hydrogens (tertiary/aromatic N) is 3. The van der Waals surface area contributed by atoms with Gasteiger partial charge < -0.3 is 0 Å². The van der Waals surface area contributed by atoms with Gasteiger partial charge in [-0.05, 0) is 59.7 Å². The van der Waals surface area contributed by atoms with Crippen LogP contribution in [0, 0.1) is 17.1 Å². The summed E-state index contributed by atoms with van der Waals surface area (Å²) in [5.74, 6) is 0.284. The lowest BCUT2D eigenvalue weighted by Crippen LogP contribution is -2.23. The van der Waals surface area contributed by atoms with Gasteiger partial charge in [0.2, 0.25) is 0 Å². The van der Waals surface area contributed by atoms with Gasteiger partial charge in [0.15, 0.2) is 5.16 Å². The number of imidazole rings is 1. The minimum atomic E-state index is -0.480. The zero-order valence-corrected chi connectivity index (χ0v) is 21.4. The molecule has 0 saturated carbocycles. The largest absolute Gasteiger partial charge is 0.291 e. The Kier molecular flexibility index (Phi) is 7.25. The molecule has 0 atom stereocenters. The number of hydrogen-bond donors (Lipinski definition) is 0. The Bertz CT molecular complexity index is 1390. The Morgan fingerprint density at radius 3 is 2.35 bits per heavy atom. The first-order valence-corrected chi connectivity index (χ1v) is 12.4. The van der Waals surface area contributed by atoms with Crippen molar-refractivity contribution in [3.63, 3.8) is 0 Å². The summed E-state index contributed by atoms with van der Waals surface area (Å²) >= 11 is 20.2. The molecule has 0 aliphatic carbocycles. The normalized spacial score (nSPS) is 11.4. The molecule has 0 spiro atoms. The van der Waals surface area contributed by atoms with Crippen molar-refractivity contribution in [1.29, 1.82) is 5.26 Å². The van der Waals surface area contributed by atoms with E-state index in [1.54, 1.807) is 30.3 Å². The van der Waals surface area contributed by atoms with Crippen molar-refractivity contribution >= 4 is 46.6 Å². The first-order valence-electron chi connectivity index (χ1n) is 10.3. The van der Waals surface area contributed by atoms with E-state index in [1.807, 2.05) is 29.0 Å². The Labute approximate surface area is 217 Å². The summed E-state index contributed by atoms with van der Waals surface area (Å²) in [6, 6.07) is 19.4. The lowest BCUT2D eigenvalue weighted by molar-refractivity contribution is 0.591. The van der Waals surface area contributed by atoms with Crippen LogP contribution in [-0.2, 0) is 11.2 Å². The maximum Gasteiger partial charge on any atom is 0.173 e. The van der Waals surface area contributed by atoms with E-state index in [0.717, 1.165) is 27.7 Å². The molecule has 172 valence electrons. The average Bonchev–Trinajstić information content (AvgIpc) is 3.25. The van der Waals surface area contributed by atoms with Crippen molar-refractivity contribution in [3.05, 3.63) is 110 Å². The highest BCUT2D eigenvalue weighted by molar-refractivity contribution is 7.98. The molecule has 3 aromatic carbocycles. The van der Waals surface area contributed by atoms with Gasteiger partial charge >= 0.3 is 0 Å². The molecule has 1 aromatic heterocycles. The van der Waals surface area contributed by atoms with Gasteiger partial charge in [0, 0.05) is 16.9 Å². The number of hydrogen-bond acceptors (Lipinski definition) is 3. The molecule has 4 rings (SSSR count). The number of thioether (sulfide) groups is 1. The van der Waals surface area contributed by atoms with Crippen LogP contribution in [0.5, 0.6) is 0 Å². The zero-order valence-electron chi connectivity index (χ0n) is 18.3. The first kappa shape index (κ1) is 24.6. The van der Waals surface area contributed by atoms with Crippen LogP contribution in [0.15, 0.2) is 72.0 Å². The molecule has 8 heteroatoms. The maximum absolute atomic E-state index is 13.7. The molecule has 1 heterocycles. The molecule has 0 aliphatic rings. The van der Waals surface area contributed by atoms with Crippen molar-refractivity contribution in [2.45, 2.75) is 30.2 Å². The quantitative estimate of drug-likeness (QED) is 0.235. The molecule has 0 fully saturated rings. The smallest absolute Gasteiger partial charge is 0.173 e. The van der Waals surface area contributed by atoms with Crippen LogP contribution in [0.3, 0.4) is 0 Å². The molecule has 0 bridgehead atoms. The minimum Gasteiger partial charge on any atom is -0.291 e. The van der Waals surface area contributed by atoms with Crippen molar-refractivity contribution in [2.24, 2.45) is 0 Å². The predicted molar refractivity (Wildman–Crippen MR) is 138 cm³/mol. The van der Waals surface area contributed by atoms with Crippen molar-refractivity contribution < 1.29 is 4.39 Å². The third-order valence-electron chi connectivity index (χ3n) is 5.62. The second kappa shape index (κ2) is 10.0. The highest BCUT2D eigenvalue weighted by atomic mass is 35.5. The lowest BCUT2D eigenvalue weighted by Gasteiger charge is -2.28. The van der Waals surface area contributed by atoms with Gasteiger partial charge in [-0.2, -0.15) is 5.26 Å². The van der Waals surface area contributed by atoms with Crippen molar-refractivity contribution in [2.75, 3.05) is 0 Å². The summed E-state index contributed by atoms with van der Waals surface area (Å²) in [6.07, 6.45) is 1.83. The van der Waals surface area contributed by atoms with E-state index < -0.39 is 5.41 Å². The fourth-order valence-electron chi connectivity index (χ4n) is 3.64. The maximum atomic E-state index is 13.7. The minimum absolute atomic E-state index is 0.310. The van der Waals surface area contributed by atoms with Gasteiger partial charge in [0.25, 0.3) is 0 Å². The molecular weight excluding hydrogens is 512 g/mol. The summed E-state index contributed by atoms with van der Waals surface area (Å²) in [7, 11) is 0. The lowest BCUT2D eigenvalue weighted by atomic mass is 9.81. The molecule has 0 amide bonds. The van der Waals surface area contributed by atoms with Crippen LogP contribution in [0.25, 0.3) is 5.69 Å². The fraction of sp³-hybridized carbons (Fsp3) is 0.154. The molecule has 34 heavy (non-hydrogen) atoms. The van der Waals surface area contributed by atoms with Crippen LogP contribution in [0.4, 0.5) is 4.39 Å². The molecular formula is C26H19Cl3FN3S. The number of benzene rings is 3. The van der Waals surface area contributed by atoms with Gasteiger partial charge in [-0.15, -0.1) is 0 Å². The molecule has 3 nitrogen and oxygen atoms in total. The molecule has 0 N–H and O–H groups in total.